The molecule has 0 radical (unpaired) electrons. The number of nitrogens with zero attached hydrogens (tertiary/aromatic N) is 2. The fourth-order valence-corrected chi connectivity index (χ4v) is 2.01. The molecule has 1 N–H and O–H groups in total. The standard InChI is InChI=1S/C11H13N3O/c1-2-13-7-9-10(8-15-11(1)9)14-5-3-12-4-6-14/h1-2,7-8,12H,3-6H2. The van der Waals surface area contributed by atoms with Gasteiger partial charge in [0.05, 0.1) is 11.1 Å². The lowest BCUT2D eigenvalue weighted by Crippen LogP contribution is -2.43. The zero-order chi connectivity index (χ0) is 10.1. The Balaban J connectivity index is 2.02. The van der Waals surface area contributed by atoms with Gasteiger partial charge in [0.25, 0.3) is 0 Å². The van der Waals surface area contributed by atoms with Gasteiger partial charge in [-0.2, -0.15) is 0 Å². The smallest absolute Gasteiger partial charge is 0.139 e. The maximum Gasteiger partial charge on any atom is 0.139 e. The molecule has 0 spiro atoms. The molecule has 0 aromatic carbocycles. The summed E-state index contributed by atoms with van der Waals surface area (Å²) in [5, 5.41) is 4.45. The van der Waals surface area contributed by atoms with Gasteiger partial charge < -0.3 is 14.6 Å². The Hall–Kier alpha value is -1.55. The van der Waals surface area contributed by atoms with Crippen molar-refractivity contribution in [2.75, 3.05) is 31.1 Å². The number of nitrogens with one attached hydrogen (secondary N) is 1. The number of hydrogen-bond acceptors (Lipinski definition) is 4. The topological polar surface area (TPSA) is 41.3 Å². The number of hydrogen-bond donors (Lipinski definition) is 1. The minimum absolute atomic E-state index is 0.915. The summed E-state index contributed by atoms with van der Waals surface area (Å²) in [6, 6.07) is 1.90. The van der Waals surface area contributed by atoms with Crippen LogP contribution in [-0.2, 0) is 0 Å². The number of rotatable bonds is 1. The number of fused-ring (bicyclic) bond motifs is 1. The molecule has 2 aromatic rings. The van der Waals surface area contributed by atoms with Gasteiger partial charge in [0.15, 0.2) is 0 Å². The van der Waals surface area contributed by atoms with Crippen molar-refractivity contribution in [3.05, 3.63) is 24.7 Å². The van der Waals surface area contributed by atoms with Gasteiger partial charge in [-0.05, 0) is 6.07 Å². The second kappa shape index (κ2) is 3.55. The molecule has 0 atom stereocenters. The Morgan fingerprint density at radius 3 is 3.07 bits per heavy atom. The Kier molecular flexibility index (Phi) is 2.07. The van der Waals surface area contributed by atoms with Crippen molar-refractivity contribution in [3.8, 4) is 0 Å². The summed E-state index contributed by atoms with van der Waals surface area (Å²) in [6.45, 7) is 4.13. The lowest BCUT2D eigenvalue weighted by molar-refractivity contribution is 0.578. The van der Waals surface area contributed by atoms with Crippen molar-refractivity contribution in [3.63, 3.8) is 0 Å². The molecule has 78 valence electrons. The van der Waals surface area contributed by atoms with Crippen molar-refractivity contribution in [2.24, 2.45) is 0 Å². The normalized spacial score (nSPS) is 17.2. The summed E-state index contributed by atoms with van der Waals surface area (Å²) in [7, 11) is 0. The summed E-state index contributed by atoms with van der Waals surface area (Å²) in [6.07, 6.45) is 5.46. The van der Waals surface area contributed by atoms with Crippen LogP contribution in [0.25, 0.3) is 11.0 Å². The molecule has 0 amide bonds. The second-order valence-corrected chi connectivity index (χ2v) is 3.73. The van der Waals surface area contributed by atoms with E-state index in [1.54, 1.807) is 6.20 Å². The molecule has 1 aliphatic heterocycles. The highest BCUT2D eigenvalue weighted by Crippen LogP contribution is 2.28. The molecule has 0 unspecified atom stereocenters. The van der Waals surface area contributed by atoms with Gasteiger partial charge in [-0.15, -0.1) is 0 Å². The fourth-order valence-electron chi connectivity index (χ4n) is 2.01. The number of aromatic nitrogens is 1. The predicted octanol–water partition coefficient (Wildman–Crippen LogP) is 1.24. The summed E-state index contributed by atoms with van der Waals surface area (Å²) < 4.78 is 5.50. The van der Waals surface area contributed by atoms with Crippen molar-refractivity contribution in [1.29, 1.82) is 0 Å². The molecule has 0 saturated carbocycles. The predicted molar refractivity (Wildman–Crippen MR) is 59.1 cm³/mol. The van der Waals surface area contributed by atoms with E-state index in [9.17, 15) is 0 Å². The van der Waals surface area contributed by atoms with E-state index in [4.69, 9.17) is 4.42 Å². The third kappa shape index (κ3) is 1.47. The number of anilines is 1. The van der Waals surface area contributed by atoms with Crippen molar-refractivity contribution in [1.82, 2.24) is 10.3 Å². The largest absolute Gasteiger partial charge is 0.462 e. The van der Waals surface area contributed by atoms with Crippen LogP contribution in [0.15, 0.2) is 29.1 Å². The van der Waals surface area contributed by atoms with Gasteiger partial charge in [0, 0.05) is 38.6 Å². The van der Waals surface area contributed by atoms with Crippen LogP contribution in [0.2, 0.25) is 0 Å². The van der Waals surface area contributed by atoms with E-state index < -0.39 is 0 Å². The molecule has 3 rings (SSSR count). The summed E-state index contributed by atoms with van der Waals surface area (Å²) in [5.74, 6) is 0. The first-order valence-electron chi connectivity index (χ1n) is 5.22. The van der Waals surface area contributed by atoms with E-state index >= 15 is 0 Å². The highest BCUT2D eigenvalue weighted by Gasteiger charge is 2.15. The van der Waals surface area contributed by atoms with Crippen molar-refractivity contribution in [2.45, 2.75) is 0 Å². The molecule has 4 nitrogen and oxygen atoms in total. The molecule has 1 aliphatic rings. The van der Waals surface area contributed by atoms with Crippen LogP contribution in [0.1, 0.15) is 0 Å². The molecular weight excluding hydrogens is 190 g/mol. The van der Waals surface area contributed by atoms with Crippen LogP contribution in [0, 0.1) is 0 Å². The minimum atomic E-state index is 0.915. The van der Waals surface area contributed by atoms with Gasteiger partial charge in [0.1, 0.15) is 11.8 Å². The lowest BCUT2D eigenvalue weighted by Gasteiger charge is -2.28. The van der Waals surface area contributed by atoms with Crippen molar-refractivity contribution >= 4 is 16.7 Å². The molecule has 4 heteroatoms. The number of furan rings is 1. The molecule has 1 fully saturated rings. The summed E-state index contributed by atoms with van der Waals surface area (Å²) in [4.78, 5) is 6.48. The Labute approximate surface area is 87.9 Å². The first kappa shape index (κ1) is 8.73. The molecule has 0 aliphatic carbocycles. The molecule has 0 bridgehead atoms. The first-order chi connectivity index (χ1) is 7.45. The van der Waals surface area contributed by atoms with Crippen LogP contribution in [0.5, 0.6) is 0 Å². The number of pyridine rings is 1. The minimum Gasteiger partial charge on any atom is -0.462 e. The SMILES string of the molecule is c1cc2occ(N3CCNCC3)c2cn1. The molecule has 3 heterocycles. The average Bonchev–Trinajstić information content (AvgIpc) is 2.74. The first-order valence-corrected chi connectivity index (χ1v) is 5.22. The zero-order valence-corrected chi connectivity index (χ0v) is 8.44. The zero-order valence-electron chi connectivity index (χ0n) is 8.44. The van der Waals surface area contributed by atoms with Gasteiger partial charge in [-0.1, -0.05) is 0 Å². The van der Waals surface area contributed by atoms with Crippen LogP contribution in [0.3, 0.4) is 0 Å². The average molecular weight is 203 g/mol. The van der Waals surface area contributed by atoms with Crippen LogP contribution in [-0.4, -0.2) is 31.2 Å². The number of piperazine rings is 1. The fraction of sp³-hybridized carbons (Fsp3) is 0.364. The third-order valence-electron chi connectivity index (χ3n) is 2.81. The van der Waals surface area contributed by atoms with Crippen LogP contribution in [0.4, 0.5) is 5.69 Å². The highest BCUT2D eigenvalue weighted by atomic mass is 16.3. The molecule has 15 heavy (non-hydrogen) atoms. The highest BCUT2D eigenvalue weighted by molar-refractivity contribution is 5.90. The van der Waals surface area contributed by atoms with Gasteiger partial charge in [0.2, 0.25) is 0 Å². The van der Waals surface area contributed by atoms with Crippen molar-refractivity contribution < 1.29 is 4.42 Å². The van der Waals surface area contributed by atoms with E-state index in [2.05, 4.69) is 15.2 Å². The van der Waals surface area contributed by atoms with E-state index in [-0.39, 0.29) is 0 Å². The van der Waals surface area contributed by atoms with E-state index in [0.29, 0.717) is 0 Å². The van der Waals surface area contributed by atoms with E-state index in [0.717, 1.165) is 37.1 Å². The maximum absolute atomic E-state index is 5.50. The quantitative estimate of drug-likeness (QED) is 0.757. The summed E-state index contributed by atoms with van der Waals surface area (Å²) in [5.41, 5.74) is 2.08. The Morgan fingerprint density at radius 2 is 2.20 bits per heavy atom. The van der Waals surface area contributed by atoms with E-state index in [1.165, 1.54) is 5.69 Å². The lowest BCUT2D eigenvalue weighted by atomic mass is 10.2. The Morgan fingerprint density at radius 1 is 1.33 bits per heavy atom. The maximum atomic E-state index is 5.50. The molecule has 2 aromatic heterocycles. The van der Waals surface area contributed by atoms with Crippen LogP contribution >= 0.6 is 0 Å². The Bertz CT molecular complexity index is 460. The second-order valence-electron chi connectivity index (χ2n) is 3.73. The van der Waals surface area contributed by atoms with Gasteiger partial charge >= 0.3 is 0 Å². The van der Waals surface area contributed by atoms with Crippen LogP contribution < -0.4 is 10.2 Å². The molecular formula is C11H13N3O. The third-order valence-corrected chi connectivity index (χ3v) is 2.81. The molecule has 1 saturated heterocycles. The monoisotopic (exact) mass is 203 g/mol. The van der Waals surface area contributed by atoms with Gasteiger partial charge in [-0.3, -0.25) is 4.98 Å². The van der Waals surface area contributed by atoms with Gasteiger partial charge in [-0.25, -0.2) is 0 Å². The van der Waals surface area contributed by atoms with E-state index in [1.807, 2.05) is 18.5 Å². The summed E-state index contributed by atoms with van der Waals surface area (Å²) >= 11 is 0.